The van der Waals surface area contributed by atoms with Crippen LogP contribution in [0.15, 0.2) is 82.2 Å². The number of benzene rings is 3. The molecule has 0 N–H and O–H groups in total. The Morgan fingerprint density at radius 2 is 1.58 bits per heavy atom. The van der Waals surface area contributed by atoms with Crippen LogP contribution in [0.2, 0.25) is 0 Å². The standard InChI is InChI=1S/C28H21NO7/c1-2-17-7-3-6-10-22(17)36-24-16-34-23-15-18(11-12-21(23)26(24)31)35-25(30)13-14-29-27(32)19-8-4-5-9-20(19)28(29)33/h3-12,15-16H,2,13-14H2,1H3. The van der Waals surface area contributed by atoms with Crippen LogP contribution in [0, 0.1) is 0 Å². The second kappa shape index (κ2) is 9.50. The Morgan fingerprint density at radius 1 is 0.889 bits per heavy atom. The van der Waals surface area contributed by atoms with E-state index in [2.05, 4.69) is 0 Å². The average molecular weight is 483 g/mol. The number of para-hydroxylation sites is 1. The zero-order valence-electron chi connectivity index (χ0n) is 19.4. The van der Waals surface area contributed by atoms with Gasteiger partial charge in [0.15, 0.2) is 0 Å². The van der Waals surface area contributed by atoms with Crippen molar-refractivity contribution in [3.63, 3.8) is 0 Å². The summed E-state index contributed by atoms with van der Waals surface area (Å²) in [5, 5.41) is 0.271. The van der Waals surface area contributed by atoms with Gasteiger partial charge in [-0.2, -0.15) is 0 Å². The molecule has 4 aromatic rings. The fourth-order valence-electron chi connectivity index (χ4n) is 4.07. The highest BCUT2D eigenvalue weighted by atomic mass is 16.5. The minimum absolute atomic E-state index is 0.0501. The van der Waals surface area contributed by atoms with Gasteiger partial charge in [-0.3, -0.25) is 24.1 Å². The number of esters is 1. The maximum atomic E-state index is 12.9. The smallest absolute Gasteiger partial charge is 0.313 e. The number of amides is 2. The van der Waals surface area contributed by atoms with Crippen LogP contribution in [0.1, 0.15) is 39.6 Å². The first-order chi connectivity index (χ1) is 17.5. The predicted octanol–water partition coefficient (Wildman–Crippen LogP) is 4.74. The summed E-state index contributed by atoms with van der Waals surface area (Å²) in [5.41, 5.74) is 1.47. The van der Waals surface area contributed by atoms with E-state index >= 15 is 0 Å². The van der Waals surface area contributed by atoms with Crippen molar-refractivity contribution in [3.8, 4) is 17.2 Å². The minimum atomic E-state index is -0.635. The molecule has 1 aliphatic heterocycles. The lowest BCUT2D eigenvalue weighted by molar-refractivity contribution is -0.134. The molecule has 0 saturated heterocycles. The first kappa shape index (κ1) is 23.0. The summed E-state index contributed by atoms with van der Waals surface area (Å²) < 4.78 is 16.7. The second-order valence-electron chi connectivity index (χ2n) is 8.18. The molecule has 2 heterocycles. The second-order valence-corrected chi connectivity index (χ2v) is 8.18. The van der Waals surface area contributed by atoms with E-state index < -0.39 is 17.8 Å². The number of hydrogen-bond acceptors (Lipinski definition) is 7. The topological polar surface area (TPSA) is 103 Å². The highest BCUT2D eigenvalue weighted by molar-refractivity contribution is 6.21. The Hall–Kier alpha value is -4.72. The number of ether oxygens (including phenoxy) is 2. The van der Waals surface area contributed by atoms with Crippen LogP contribution in [0.5, 0.6) is 17.2 Å². The Kier molecular flexibility index (Phi) is 6.08. The largest absolute Gasteiger partial charge is 0.460 e. The maximum absolute atomic E-state index is 12.9. The Balaban J connectivity index is 1.27. The number of nitrogens with zero attached hydrogens (tertiary/aromatic N) is 1. The van der Waals surface area contributed by atoms with Crippen LogP contribution in [-0.4, -0.2) is 29.2 Å². The van der Waals surface area contributed by atoms with Crippen LogP contribution in [0.25, 0.3) is 11.0 Å². The molecule has 0 spiro atoms. The third-order valence-corrected chi connectivity index (χ3v) is 5.94. The van der Waals surface area contributed by atoms with Crippen LogP contribution < -0.4 is 14.9 Å². The normalized spacial score (nSPS) is 12.6. The molecule has 8 nitrogen and oxygen atoms in total. The Morgan fingerprint density at radius 3 is 2.31 bits per heavy atom. The van der Waals surface area contributed by atoms with Gasteiger partial charge in [0.25, 0.3) is 11.8 Å². The lowest BCUT2D eigenvalue weighted by Gasteiger charge is -2.13. The molecule has 5 rings (SSSR count). The Bertz CT molecular complexity index is 1530. The molecule has 1 aliphatic rings. The van der Waals surface area contributed by atoms with Crippen molar-refractivity contribution in [1.29, 1.82) is 0 Å². The molecule has 36 heavy (non-hydrogen) atoms. The number of aryl methyl sites for hydroxylation is 1. The van der Waals surface area contributed by atoms with Crippen molar-refractivity contribution in [2.75, 3.05) is 6.54 Å². The Labute approximate surface area is 205 Å². The molecule has 0 saturated carbocycles. The fourth-order valence-corrected chi connectivity index (χ4v) is 4.07. The van der Waals surface area contributed by atoms with E-state index in [-0.39, 0.29) is 40.9 Å². The van der Waals surface area contributed by atoms with Gasteiger partial charge in [0.2, 0.25) is 11.2 Å². The average Bonchev–Trinajstić information content (AvgIpc) is 3.14. The van der Waals surface area contributed by atoms with Gasteiger partial charge in [0.05, 0.1) is 22.9 Å². The van der Waals surface area contributed by atoms with Gasteiger partial charge in [-0.1, -0.05) is 37.3 Å². The molecule has 0 atom stereocenters. The molecule has 0 bridgehead atoms. The van der Waals surface area contributed by atoms with Crippen molar-refractivity contribution in [2.24, 2.45) is 0 Å². The SMILES string of the molecule is CCc1ccccc1Oc1coc2cc(OC(=O)CCN3C(=O)c4ccccc4C3=O)ccc2c1=O. The summed E-state index contributed by atoms with van der Waals surface area (Å²) in [6.07, 6.45) is 1.79. The molecule has 8 heteroatoms. The summed E-state index contributed by atoms with van der Waals surface area (Å²) in [4.78, 5) is 51.2. The molecule has 3 aromatic carbocycles. The number of carbonyl (C=O) groups excluding carboxylic acids is 3. The van der Waals surface area contributed by atoms with E-state index in [9.17, 15) is 19.2 Å². The van der Waals surface area contributed by atoms with Gasteiger partial charge >= 0.3 is 5.97 Å². The fraction of sp³-hybridized carbons (Fsp3) is 0.143. The molecule has 180 valence electrons. The van der Waals surface area contributed by atoms with E-state index in [4.69, 9.17) is 13.9 Å². The molecule has 2 amide bonds. The number of fused-ring (bicyclic) bond motifs is 2. The van der Waals surface area contributed by atoms with E-state index in [0.717, 1.165) is 16.9 Å². The summed E-state index contributed by atoms with van der Waals surface area (Å²) in [5.74, 6) is -0.706. The van der Waals surface area contributed by atoms with E-state index in [1.807, 2.05) is 25.1 Å². The van der Waals surface area contributed by atoms with Gasteiger partial charge in [-0.25, -0.2) is 0 Å². The lowest BCUT2D eigenvalue weighted by Crippen LogP contribution is -2.32. The summed E-state index contributed by atoms with van der Waals surface area (Å²) in [6, 6.07) is 18.4. The number of rotatable bonds is 7. The molecule has 0 radical (unpaired) electrons. The monoisotopic (exact) mass is 483 g/mol. The van der Waals surface area contributed by atoms with Gasteiger partial charge in [0.1, 0.15) is 23.3 Å². The van der Waals surface area contributed by atoms with Crippen LogP contribution in [-0.2, 0) is 11.2 Å². The third-order valence-electron chi connectivity index (χ3n) is 5.94. The van der Waals surface area contributed by atoms with Gasteiger partial charge in [0, 0.05) is 12.6 Å². The first-order valence-corrected chi connectivity index (χ1v) is 11.4. The van der Waals surface area contributed by atoms with Gasteiger partial charge in [-0.15, -0.1) is 0 Å². The highest BCUT2D eigenvalue weighted by Crippen LogP contribution is 2.27. The molecular formula is C28H21NO7. The van der Waals surface area contributed by atoms with E-state index in [0.29, 0.717) is 16.9 Å². The number of carbonyl (C=O) groups is 3. The predicted molar refractivity (Wildman–Crippen MR) is 130 cm³/mol. The first-order valence-electron chi connectivity index (χ1n) is 11.4. The van der Waals surface area contributed by atoms with Crippen molar-refractivity contribution in [1.82, 2.24) is 4.90 Å². The van der Waals surface area contributed by atoms with Crippen molar-refractivity contribution in [2.45, 2.75) is 19.8 Å². The molecule has 0 unspecified atom stereocenters. The molecule has 1 aromatic heterocycles. The van der Waals surface area contributed by atoms with Gasteiger partial charge in [-0.05, 0) is 42.3 Å². The van der Waals surface area contributed by atoms with Gasteiger partial charge < -0.3 is 13.9 Å². The molecule has 0 fully saturated rings. The van der Waals surface area contributed by atoms with Crippen LogP contribution in [0.3, 0.4) is 0 Å². The van der Waals surface area contributed by atoms with Crippen LogP contribution in [0.4, 0.5) is 0 Å². The van der Waals surface area contributed by atoms with Crippen molar-refractivity contribution in [3.05, 3.63) is 99.9 Å². The number of hydrogen-bond donors (Lipinski definition) is 0. The zero-order valence-corrected chi connectivity index (χ0v) is 19.4. The third kappa shape index (κ3) is 4.24. The van der Waals surface area contributed by atoms with E-state index in [1.165, 1.54) is 24.5 Å². The zero-order chi connectivity index (χ0) is 25.2. The van der Waals surface area contributed by atoms with Crippen LogP contribution >= 0.6 is 0 Å². The quantitative estimate of drug-likeness (QED) is 0.212. The summed E-state index contributed by atoms with van der Waals surface area (Å²) in [6.45, 7) is 1.89. The summed E-state index contributed by atoms with van der Waals surface area (Å²) >= 11 is 0. The molecule has 0 aliphatic carbocycles. The maximum Gasteiger partial charge on any atom is 0.313 e. The van der Waals surface area contributed by atoms with E-state index in [1.54, 1.807) is 30.3 Å². The molecular weight excluding hydrogens is 462 g/mol. The van der Waals surface area contributed by atoms with Crippen molar-refractivity contribution >= 4 is 28.8 Å². The highest BCUT2D eigenvalue weighted by Gasteiger charge is 2.35. The number of imide groups is 1. The summed E-state index contributed by atoms with van der Waals surface area (Å²) in [7, 11) is 0. The lowest BCUT2D eigenvalue weighted by atomic mass is 10.1. The van der Waals surface area contributed by atoms with Crippen molar-refractivity contribution < 1.29 is 28.3 Å². The minimum Gasteiger partial charge on any atom is -0.460 e.